The van der Waals surface area contributed by atoms with Crippen molar-refractivity contribution in [1.29, 1.82) is 0 Å². The van der Waals surface area contributed by atoms with Crippen molar-refractivity contribution in [2.75, 3.05) is 52.5 Å². The van der Waals surface area contributed by atoms with Gasteiger partial charge in [-0.3, -0.25) is 19.2 Å². The number of thioether (sulfide) groups is 1. The van der Waals surface area contributed by atoms with Crippen LogP contribution in [0.25, 0.3) is 11.3 Å². The number of nitrogens with zero attached hydrogens (tertiary/aromatic N) is 4. The molecule has 4 heterocycles. The van der Waals surface area contributed by atoms with E-state index in [1.165, 1.54) is 11.8 Å². The highest BCUT2D eigenvalue weighted by Gasteiger charge is 2.35. The Morgan fingerprint density at radius 2 is 2.03 bits per heavy atom. The summed E-state index contributed by atoms with van der Waals surface area (Å²) < 4.78 is 12.7. The number of ether oxygens (including phenoxy) is 2. The van der Waals surface area contributed by atoms with Crippen LogP contribution in [0.3, 0.4) is 0 Å². The molecule has 1 aromatic heterocycles. The molecule has 2 fully saturated rings. The second kappa shape index (κ2) is 9.25. The largest absolute Gasteiger partial charge is 0.465 e. The standard InChI is InChI=1S/C23H28N4O4S/c1-16(28)31-13-8-25-7-6-17(14-25)27-22-18-4-2-3-5-20(18)32-15-19(22)21(24-27)23(29)26-9-11-30-12-10-26/h2-5,17H,6-15H2,1H3. The van der Waals surface area contributed by atoms with E-state index in [9.17, 15) is 9.59 Å². The van der Waals surface area contributed by atoms with Crippen LogP contribution < -0.4 is 0 Å². The molecule has 0 bridgehead atoms. The van der Waals surface area contributed by atoms with E-state index in [2.05, 4.69) is 33.8 Å². The number of carbonyl (C=O) groups is 2. The molecule has 2 aromatic rings. The first kappa shape index (κ1) is 21.5. The van der Waals surface area contributed by atoms with Crippen LogP contribution in [-0.4, -0.2) is 84.0 Å². The number of fused-ring (bicyclic) bond motifs is 3. The van der Waals surface area contributed by atoms with Gasteiger partial charge in [0.05, 0.1) is 24.9 Å². The van der Waals surface area contributed by atoms with Crippen LogP contribution in [0.1, 0.15) is 35.4 Å². The maximum atomic E-state index is 13.4. The predicted octanol–water partition coefficient (Wildman–Crippen LogP) is 2.44. The Bertz CT molecular complexity index is 1020. The Kier molecular flexibility index (Phi) is 6.21. The highest BCUT2D eigenvalue weighted by Crippen LogP contribution is 2.44. The van der Waals surface area contributed by atoms with Gasteiger partial charge in [-0.15, -0.1) is 11.8 Å². The molecule has 1 amide bonds. The van der Waals surface area contributed by atoms with Gasteiger partial charge in [0, 0.05) is 61.4 Å². The zero-order valence-electron chi connectivity index (χ0n) is 18.3. The molecule has 0 aliphatic carbocycles. The maximum Gasteiger partial charge on any atom is 0.302 e. The minimum absolute atomic E-state index is 0.00740. The average Bonchev–Trinajstić information content (AvgIpc) is 3.44. The molecule has 3 aliphatic rings. The van der Waals surface area contributed by atoms with Crippen LogP contribution in [0.15, 0.2) is 29.2 Å². The topological polar surface area (TPSA) is 76.9 Å². The minimum atomic E-state index is -0.248. The first-order valence-electron chi connectivity index (χ1n) is 11.2. The van der Waals surface area contributed by atoms with E-state index in [0.29, 0.717) is 45.1 Å². The van der Waals surface area contributed by atoms with Crippen LogP contribution >= 0.6 is 11.8 Å². The first-order chi connectivity index (χ1) is 15.6. The van der Waals surface area contributed by atoms with Crippen LogP contribution in [0.4, 0.5) is 0 Å². The van der Waals surface area contributed by atoms with E-state index in [4.69, 9.17) is 14.6 Å². The van der Waals surface area contributed by atoms with Crippen molar-refractivity contribution in [3.05, 3.63) is 35.5 Å². The molecule has 1 atom stereocenters. The molecule has 9 heteroatoms. The van der Waals surface area contributed by atoms with Crippen LogP contribution in [-0.2, 0) is 20.0 Å². The number of carbonyl (C=O) groups excluding carboxylic acids is 2. The van der Waals surface area contributed by atoms with E-state index >= 15 is 0 Å². The monoisotopic (exact) mass is 456 g/mol. The number of aromatic nitrogens is 2. The number of esters is 1. The van der Waals surface area contributed by atoms with E-state index in [-0.39, 0.29) is 17.9 Å². The smallest absolute Gasteiger partial charge is 0.302 e. The number of benzene rings is 1. The van der Waals surface area contributed by atoms with Crippen molar-refractivity contribution in [1.82, 2.24) is 19.6 Å². The average molecular weight is 457 g/mol. The molecule has 3 aliphatic heterocycles. The van der Waals surface area contributed by atoms with E-state index in [1.54, 1.807) is 11.8 Å². The summed E-state index contributed by atoms with van der Waals surface area (Å²) in [5.74, 6) is 0.510. The van der Waals surface area contributed by atoms with Crippen molar-refractivity contribution < 1.29 is 19.1 Å². The van der Waals surface area contributed by atoms with Crippen molar-refractivity contribution in [2.45, 2.75) is 30.0 Å². The summed E-state index contributed by atoms with van der Waals surface area (Å²) in [6.45, 7) is 6.67. The highest BCUT2D eigenvalue weighted by atomic mass is 32.2. The number of hydrogen-bond acceptors (Lipinski definition) is 7. The molecule has 8 nitrogen and oxygen atoms in total. The Labute approximate surface area is 191 Å². The van der Waals surface area contributed by atoms with E-state index < -0.39 is 0 Å². The zero-order chi connectivity index (χ0) is 22.1. The fraction of sp³-hybridized carbons (Fsp3) is 0.522. The molecular weight excluding hydrogens is 428 g/mol. The third-order valence-electron chi connectivity index (χ3n) is 6.33. The number of morpholine rings is 1. The Hall–Kier alpha value is -2.36. The predicted molar refractivity (Wildman–Crippen MR) is 121 cm³/mol. The lowest BCUT2D eigenvalue weighted by molar-refractivity contribution is -0.141. The second-order valence-electron chi connectivity index (χ2n) is 8.39. The second-order valence-corrected chi connectivity index (χ2v) is 9.41. The molecule has 0 spiro atoms. The van der Waals surface area contributed by atoms with Crippen LogP contribution in [0.5, 0.6) is 0 Å². The fourth-order valence-corrected chi connectivity index (χ4v) is 5.78. The summed E-state index contributed by atoms with van der Waals surface area (Å²) >= 11 is 1.77. The third kappa shape index (κ3) is 4.16. The summed E-state index contributed by atoms with van der Waals surface area (Å²) in [6, 6.07) is 8.57. The normalized spacial score (nSPS) is 20.7. The summed E-state index contributed by atoms with van der Waals surface area (Å²) in [6.07, 6.45) is 0.953. The van der Waals surface area contributed by atoms with Gasteiger partial charge in [-0.2, -0.15) is 5.10 Å². The first-order valence-corrected chi connectivity index (χ1v) is 12.2. The zero-order valence-corrected chi connectivity index (χ0v) is 19.1. The molecule has 0 saturated carbocycles. The van der Waals surface area contributed by atoms with Crippen molar-refractivity contribution in [3.63, 3.8) is 0 Å². The summed E-state index contributed by atoms with van der Waals surface area (Å²) in [4.78, 5) is 29.9. The van der Waals surface area contributed by atoms with Crippen molar-refractivity contribution in [3.8, 4) is 11.3 Å². The van der Waals surface area contributed by atoms with Gasteiger partial charge >= 0.3 is 5.97 Å². The Balaban J connectivity index is 1.46. The van der Waals surface area contributed by atoms with Crippen LogP contribution in [0, 0.1) is 0 Å². The molecule has 170 valence electrons. The minimum Gasteiger partial charge on any atom is -0.465 e. The molecule has 32 heavy (non-hydrogen) atoms. The van der Waals surface area contributed by atoms with E-state index in [0.717, 1.165) is 42.1 Å². The van der Waals surface area contributed by atoms with Gasteiger partial charge < -0.3 is 14.4 Å². The molecule has 5 rings (SSSR count). The number of hydrogen-bond donors (Lipinski definition) is 0. The number of rotatable bonds is 5. The SMILES string of the molecule is CC(=O)OCCN1CCC(n2nc(C(=O)N3CCOCC3)c3c2-c2ccccc2SC3)C1. The summed E-state index contributed by atoms with van der Waals surface area (Å²) in [5.41, 5.74) is 3.87. The van der Waals surface area contributed by atoms with Crippen molar-refractivity contribution in [2.24, 2.45) is 0 Å². The number of amides is 1. The van der Waals surface area contributed by atoms with Gasteiger partial charge in [0.15, 0.2) is 5.69 Å². The van der Waals surface area contributed by atoms with Crippen molar-refractivity contribution >= 4 is 23.6 Å². The van der Waals surface area contributed by atoms with E-state index in [1.807, 2.05) is 4.90 Å². The molecule has 2 saturated heterocycles. The number of likely N-dealkylation sites (tertiary alicyclic amines) is 1. The van der Waals surface area contributed by atoms with Crippen LogP contribution in [0.2, 0.25) is 0 Å². The third-order valence-corrected chi connectivity index (χ3v) is 7.43. The highest BCUT2D eigenvalue weighted by molar-refractivity contribution is 7.98. The van der Waals surface area contributed by atoms with Gasteiger partial charge in [0.2, 0.25) is 0 Å². The lowest BCUT2D eigenvalue weighted by Gasteiger charge is -2.26. The molecule has 0 N–H and O–H groups in total. The lowest BCUT2D eigenvalue weighted by atomic mass is 10.0. The van der Waals surface area contributed by atoms with Gasteiger partial charge in [-0.05, 0) is 12.5 Å². The molecular formula is C23H28N4O4S. The molecule has 1 unspecified atom stereocenters. The molecule has 0 radical (unpaired) electrons. The summed E-state index contributed by atoms with van der Waals surface area (Å²) in [5, 5.41) is 4.95. The summed E-state index contributed by atoms with van der Waals surface area (Å²) in [7, 11) is 0. The fourth-order valence-electron chi connectivity index (χ4n) is 4.71. The van der Waals surface area contributed by atoms with Gasteiger partial charge in [-0.1, -0.05) is 18.2 Å². The quantitative estimate of drug-likeness (QED) is 0.640. The van der Waals surface area contributed by atoms with Gasteiger partial charge in [-0.25, -0.2) is 0 Å². The Morgan fingerprint density at radius 1 is 1.22 bits per heavy atom. The van der Waals surface area contributed by atoms with Gasteiger partial charge in [0.1, 0.15) is 6.61 Å². The maximum absolute atomic E-state index is 13.4. The molecule has 1 aromatic carbocycles. The Morgan fingerprint density at radius 3 is 2.84 bits per heavy atom. The van der Waals surface area contributed by atoms with Gasteiger partial charge in [0.25, 0.3) is 5.91 Å². The lowest BCUT2D eigenvalue weighted by Crippen LogP contribution is -2.41.